The molecule has 1 aliphatic carbocycles. The molecule has 2 nitrogen and oxygen atoms in total. The van der Waals surface area contributed by atoms with Crippen molar-refractivity contribution in [1.29, 1.82) is 0 Å². The van der Waals surface area contributed by atoms with Crippen molar-refractivity contribution in [2.75, 3.05) is 7.11 Å². The lowest BCUT2D eigenvalue weighted by Gasteiger charge is -2.34. The summed E-state index contributed by atoms with van der Waals surface area (Å²) in [5, 5.41) is 0. The molecule has 12 heavy (non-hydrogen) atoms. The fourth-order valence-corrected chi connectivity index (χ4v) is 2.22. The lowest BCUT2D eigenvalue weighted by molar-refractivity contribution is 0.0410. The first-order chi connectivity index (χ1) is 5.61. The first-order valence-corrected chi connectivity index (χ1v) is 4.93. The minimum absolute atomic E-state index is 0.0306. The minimum atomic E-state index is -0.0306. The number of nitrogens with two attached hydrogens (primary N) is 1. The molecule has 0 aromatic carbocycles. The van der Waals surface area contributed by atoms with E-state index >= 15 is 0 Å². The second kappa shape index (κ2) is 3.75. The van der Waals surface area contributed by atoms with Crippen LogP contribution in [0.15, 0.2) is 0 Å². The Morgan fingerprint density at radius 3 is 2.67 bits per heavy atom. The second-order valence-corrected chi connectivity index (χ2v) is 4.17. The van der Waals surface area contributed by atoms with Crippen molar-refractivity contribution in [2.24, 2.45) is 11.7 Å². The first-order valence-electron chi connectivity index (χ1n) is 4.93. The van der Waals surface area contributed by atoms with Gasteiger partial charge in [-0.2, -0.15) is 0 Å². The highest BCUT2D eigenvalue weighted by molar-refractivity contribution is 4.93. The van der Waals surface area contributed by atoms with Gasteiger partial charge in [0.1, 0.15) is 0 Å². The Morgan fingerprint density at radius 2 is 2.17 bits per heavy atom. The summed E-state index contributed by atoms with van der Waals surface area (Å²) < 4.78 is 5.43. The van der Waals surface area contributed by atoms with Crippen molar-refractivity contribution < 1.29 is 4.74 Å². The second-order valence-electron chi connectivity index (χ2n) is 4.17. The van der Waals surface area contributed by atoms with Crippen molar-refractivity contribution in [3.05, 3.63) is 0 Å². The molecule has 1 rings (SSSR count). The Labute approximate surface area is 75.5 Å². The van der Waals surface area contributed by atoms with E-state index in [0.717, 1.165) is 6.42 Å². The molecule has 0 spiro atoms. The zero-order valence-corrected chi connectivity index (χ0v) is 8.47. The molecule has 2 heteroatoms. The van der Waals surface area contributed by atoms with Crippen molar-refractivity contribution in [2.45, 2.75) is 51.2 Å². The van der Waals surface area contributed by atoms with Gasteiger partial charge >= 0.3 is 0 Å². The highest BCUT2D eigenvalue weighted by Gasteiger charge is 2.38. The quantitative estimate of drug-likeness (QED) is 0.704. The molecule has 0 saturated heterocycles. The largest absolute Gasteiger partial charge is 0.381 e. The Kier molecular flexibility index (Phi) is 3.13. The molecule has 0 radical (unpaired) electrons. The van der Waals surface area contributed by atoms with Crippen LogP contribution in [0, 0.1) is 5.92 Å². The smallest absolute Gasteiger partial charge is 0.0616 e. The molecule has 1 aliphatic rings. The van der Waals surface area contributed by atoms with Gasteiger partial charge in [0.15, 0.2) is 0 Å². The molecule has 2 N–H and O–H groups in total. The first kappa shape index (κ1) is 10.0. The van der Waals surface area contributed by atoms with Crippen molar-refractivity contribution >= 4 is 0 Å². The highest BCUT2D eigenvalue weighted by Crippen LogP contribution is 2.36. The van der Waals surface area contributed by atoms with Crippen molar-refractivity contribution in [3.63, 3.8) is 0 Å². The SMILES string of the molecule is CCC(C)(N)C1CCCC1OC. The average Bonchev–Trinajstić information content (AvgIpc) is 2.52. The van der Waals surface area contributed by atoms with E-state index in [2.05, 4.69) is 13.8 Å². The Morgan fingerprint density at radius 1 is 1.50 bits per heavy atom. The molecule has 3 atom stereocenters. The van der Waals surface area contributed by atoms with E-state index in [9.17, 15) is 0 Å². The van der Waals surface area contributed by atoms with E-state index in [0.29, 0.717) is 12.0 Å². The van der Waals surface area contributed by atoms with E-state index in [4.69, 9.17) is 10.5 Å². The Bertz CT molecular complexity index is 145. The van der Waals surface area contributed by atoms with Gasteiger partial charge in [-0.3, -0.25) is 0 Å². The molecule has 72 valence electrons. The summed E-state index contributed by atoms with van der Waals surface area (Å²) in [6.45, 7) is 4.31. The lowest BCUT2D eigenvalue weighted by Crippen LogP contribution is -2.47. The standard InChI is InChI=1S/C10H21NO/c1-4-10(2,11)8-6-5-7-9(8)12-3/h8-9H,4-7,11H2,1-3H3. The molecule has 0 aromatic rings. The zero-order valence-electron chi connectivity index (χ0n) is 8.47. The topological polar surface area (TPSA) is 35.2 Å². The van der Waals surface area contributed by atoms with Crippen LogP contribution in [0.25, 0.3) is 0 Å². The Hall–Kier alpha value is -0.0800. The third kappa shape index (κ3) is 1.80. The molecular weight excluding hydrogens is 150 g/mol. The van der Waals surface area contributed by atoms with Crippen LogP contribution in [0.5, 0.6) is 0 Å². The van der Waals surface area contributed by atoms with Crippen LogP contribution in [-0.4, -0.2) is 18.8 Å². The number of hydrogen-bond acceptors (Lipinski definition) is 2. The van der Waals surface area contributed by atoms with Gasteiger partial charge in [0.05, 0.1) is 6.10 Å². The maximum Gasteiger partial charge on any atom is 0.0616 e. The van der Waals surface area contributed by atoms with E-state index in [1.54, 1.807) is 7.11 Å². The summed E-state index contributed by atoms with van der Waals surface area (Å²) in [5.74, 6) is 0.562. The predicted molar refractivity (Wildman–Crippen MR) is 51.0 cm³/mol. The molecule has 3 unspecified atom stereocenters. The van der Waals surface area contributed by atoms with Crippen LogP contribution in [0.4, 0.5) is 0 Å². The molecule has 0 aliphatic heterocycles. The zero-order chi connectivity index (χ0) is 9.19. The predicted octanol–water partition coefficient (Wildman–Crippen LogP) is 1.93. The normalized spacial score (nSPS) is 35.0. The molecule has 1 saturated carbocycles. The van der Waals surface area contributed by atoms with Crippen LogP contribution >= 0.6 is 0 Å². The summed E-state index contributed by atoms with van der Waals surface area (Å²) in [6, 6.07) is 0. The van der Waals surface area contributed by atoms with Crippen LogP contribution in [0.3, 0.4) is 0 Å². The van der Waals surface area contributed by atoms with Crippen LogP contribution in [0.2, 0.25) is 0 Å². The van der Waals surface area contributed by atoms with Crippen LogP contribution < -0.4 is 5.73 Å². The van der Waals surface area contributed by atoms with E-state index in [1.165, 1.54) is 19.3 Å². The maximum absolute atomic E-state index is 6.21. The monoisotopic (exact) mass is 171 g/mol. The van der Waals surface area contributed by atoms with Gasteiger partial charge in [0.2, 0.25) is 0 Å². The van der Waals surface area contributed by atoms with Gasteiger partial charge in [-0.25, -0.2) is 0 Å². The van der Waals surface area contributed by atoms with Crippen LogP contribution in [0.1, 0.15) is 39.5 Å². The average molecular weight is 171 g/mol. The minimum Gasteiger partial charge on any atom is -0.381 e. The fourth-order valence-electron chi connectivity index (χ4n) is 2.22. The summed E-state index contributed by atoms with van der Waals surface area (Å²) in [7, 11) is 1.80. The van der Waals surface area contributed by atoms with Crippen molar-refractivity contribution in [3.8, 4) is 0 Å². The van der Waals surface area contributed by atoms with Gasteiger partial charge in [-0.15, -0.1) is 0 Å². The molecule has 0 amide bonds. The maximum atomic E-state index is 6.21. The van der Waals surface area contributed by atoms with E-state index in [-0.39, 0.29) is 5.54 Å². The van der Waals surface area contributed by atoms with Gasteiger partial charge in [0.25, 0.3) is 0 Å². The number of ether oxygens (including phenoxy) is 1. The Balaban J connectivity index is 2.60. The molecule has 0 heterocycles. The number of hydrogen-bond donors (Lipinski definition) is 1. The number of methoxy groups -OCH3 is 1. The molecule has 1 fully saturated rings. The summed E-state index contributed by atoms with van der Waals surface area (Å²) in [5.41, 5.74) is 6.18. The molecular formula is C10H21NO. The highest BCUT2D eigenvalue weighted by atomic mass is 16.5. The van der Waals surface area contributed by atoms with E-state index < -0.39 is 0 Å². The fraction of sp³-hybridized carbons (Fsp3) is 1.00. The third-order valence-electron chi connectivity index (χ3n) is 3.36. The van der Waals surface area contributed by atoms with Gasteiger partial charge in [-0.1, -0.05) is 13.3 Å². The summed E-state index contributed by atoms with van der Waals surface area (Å²) >= 11 is 0. The van der Waals surface area contributed by atoms with Gasteiger partial charge < -0.3 is 10.5 Å². The third-order valence-corrected chi connectivity index (χ3v) is 3.36. The molecule has 0 bridgehead atoms. The van der Waals surface area contributed by atoms with Crippen molar-refractivity contribution in [1.82, 2.24) is 0 Å². The van der Waals surface area contributed by atoms with Gasteiger partial charge in [0, 0.05) is 18.6 Å². The molecule has 0 aromatic heterocycles. The summed E-state index contributed by atoms with van der Waals surface area (Å²) in [4.78, 5) is 0. The number of rotatable bonds is 3. The summed E-state index contributed by atoms with van der Waals surface area (Å²) in [6.07, 6.45) is 5.14. The van der Waals surface area contributed by atoms with Gasteiger partial charge in [-0.05, 0) is 26.2 Å². The van der Waals surface area contributed by atoms with E-state index in [1.807, 2.05) is 0 Å². The van der Waals surface area contributed by atoms with Crippen LogP contribution in [-0.2, 0) is 4.74 Å². The lowest BCUT2D eigenvalue weighted by atomic mass is 9.82.